The Balaban J connectivity index is 2.23. The first-order chi connectivity index (χ1) is 7.90. The lowest BCUT2D eigenvalue weighted by Gasteiger charge is -2.00. The highest BCUT2D eigenvalue weighted by atomic mass is 15.1. The fourth-order valence-corrected chi connectivity index (χ4v) is 1.30. The standard InChI is InChI=1S/C11H9N5/c12-16-15-8-9-4-5-11(14-7-9)10-3-1-2-6-13-10/h1-7H,8H2. The van der Waals surface area contributed by atoms with Crippen LogP contribution in [0.25, 0.3) is 21.8 Å². The Morgan fingerprint density at radius 1 is 1.12 bits per heavy atom. The normalized spacial score (nSPS) is 9.50. The lowest BCUT2D eigenvalue weighted by atomic mass is 10.2. The largest absolute Gasteiger partial charge is 0.255 e. The molecule has 0 unspecified atom stereocenters. The minimum Gasteiger partial charge on any atom is -0.255 e. The van der Waals surface area contributed by atoms with Crippen molar-refractivity contribution in [2.75, 3.05) is 0 Å². The van der Waals surface area contributed by atoms with Crippen LogP contribution in [0, 0.1) is 0 Å². The monoisotopic (exact) mass is 211 g/mol. The predicted molar refractivity (Wildman–Crippen MR) is 60.3 cm³/mol. The van der Waals surface area contributed by atoms with Crippen LogP contribution in [0.1, 0.15) is 5.56 Å². The van der Waals surface area contributed by atoms with E-state index in [0.29, 0.717) is 6.54 Å². The molecule has 0 saturated heterocycles. The third-order valence-corrected chi connectivity index (χ3v) is 2.07. The summed E-state index contributed by atoms with van der Waals surface area (Å²) in [5, 5.41) is 3.47. The minimum atomic E-state index is 0.325. The number of nitrogens with zero attached hydrogens (tertiary/aromatic N) is 5. The van der Waals surface area contributed by atoms with Crippen LogP contribution in [0.5, 0.6) is 0 Å². The molecule has 0 amide bonds. The van der Waals surface area contributed by atoms with E-state index in [0.717, 1.165) is 17.0 Å². The van der Waals surface area contributed by atoms with E-state index in [2.05, 4.69) is 20.0 Å². The summed E-state index contributed by atoms with van der Waals surface area (Å²) in [5.41, 5.74) is 10.7. The maximum absolute atomic E-state index is 8.19. The van der Waals surface area contributed by atoms with Gasteiger partial charge < -0.3 is 0 Å². The Labute approximate surface area is 92.4 Å². The van der Waals surface area contributed by atoms with Crippen LogP contribution in [-0.4, -0.2) is 9.97 Å². The van der Waals surface area contributed by atoms with Gasteiger partial charge in [-0.2, -0.15) is 0 Å². The Morgan fingerprint density at radius 3 is 2.62 bits per heavy atom. The zero-order chi connectivity index (χ0) is 11.2. The molecule has 0 saturated carbocycles. The molecule has 0 N–H and O–H groups in total. The quantitative estimate of drug-likeness (QED) is 0.444. The van der Waals surface area contributed by atoms with Gasteiger partial charge in [0.05, 0.1) is 17.9 Å². The number of azide groups is 1. The van der Waals surface area contributed by atoms with Gasteiger partial charge in [-0.25, -0.2) is 0 Å². The van der Waals surface area contributed by atoms with Crippen LogP contribution >= 0.6 is 0 Å². The zero-order valence-corrected chi connectivity index (χ0v) is 8.48. The highest BCUT2D eigenvalue weighted by molar-refractivity contribution is 5.53. The summed E-state index contributed by atoms with van der Waals surface area (Å²) in [6.07, 6.45) is 3.42. The summed E-state index contributed by atoms with van der Waals surface area (Å²) in [6, 6.07) is 9.42. The molecule has 78 valence electrons. The van der Waals surface area contributed by atoms with Crippen LogP contribution in [0.2, 0.25) is 0 Å². The fraction of sp³-hybridized carbons (Fsp3) is 0.0909. The first-order valence-electron chi connectivity index (χ1n) is 4.77. The highest BCUT2D eigenvalue weighted by Gasteiger charge is 1.99. The van der Waals surface area contributed by atoms with Crippen molar-refractivity contribution in [3.05, 3.63) is 58.7 Å². The van der Waals surface area contributed by atoms with Gasteiger partial charge in [-0.1, -0.05) is 17.2 Å². The lowest BCUT2D eigenvalue weighted by molar-refractivity contribution is 1.03. The van der Waals surface area contributed by atoms with Crippen LogP contribution in [0.15, 0.2) is 47.8 Å². The van der Waals surface area contributed by atoms with Gasteiger partial charge in [0.2, 0.25) is 0 Å². The van der Waals surface area contributed by atoms with Gasteiger partial charge in [-0.05, 0) is 29.3 Å². The third-order valence-electron chi connectivity index (χ3n) is 2.07. The summed E-state index contributed by atoms with van der Waals surface area (Å²) >= 11 is 0. The first-order valence-corrected chi connectivity index (χ1v) is 4.77. The van der Waals surface area contributed by atoms with Crippen molar-refractivity contribution in [2.24, 2.45) is 5.11 Å². The molecule has 2 rings (SSSR count). The average Bonchev–Trinajstić information content (AvgIpc) is 2.38. The van der Waals surface area contributed by atoms with E-state index in [1.807, 2.05) is 30.3 Å². The van der Waals surface area contributed by atoms with Crippen molar-refractivity contribution >= 4 is 0 Å². The van der Waals surface area contributed by atoms with E-state index in [4.69, 9.17) is 5.53 Å². The van der Waals surface area contributed by atoms with Gasteiger partial charge >= 0.3 is 0 Å². The van der Waals surface area contributed by atoms with Gasteiger partial charge in [0.1, 0.15) is 0 Å². The first kappa shape index (κ1) is 10.1. The molecule has 0 bridgehead atoms. The molecule has 0 atom stereocenters. The van der Waals surface area contributed by atoms with E-state index in [1.165, 1.54) is 0 Å². The number of hydrogen-bond donors (Lipinski definition) is 0. The van der Waals surface area contributed by atoms with Gasteiger partial charge in [-0.3, -0.25) is 9.97 Å². The highest BCUT2D eigenvalue weighted by Crippen LogP contribution is 2.13. The smallest absolute Gasteiger partial charge is 0.0886 e. The second kappa shape index (κ2) is 4.91. The van der Waals surface area contributed by atoms with Crippen molar-refractivity contribution in [3.8, 4) is 11.4 Å². The van der Waals surface area contributed by atoms with E-state index in [9.17, 15) is 0 Å². The van der Waals surface area contributed by atoms with E-state index < -0.39 is 0 Å². The molecular weight excluding hydrogens is 202 g/mol. The van der Waals surface area contributed by atoms with Gasteiger partial charge in [-0.15, -0.1) is 0 Å². The van der Waals surface area contributed by atoms with Crippen LogP contribution < -0.4 is 0 Å². The zero-order valence-electron chi connectivity index (χ0n) is 8.48. The molecular formula is C11H9N5. The molecule has 2 aromatic heterocycles. The molecule has 2 heterocycles. The van der Waals surface area contributed by atoms with Crippen molar-refractivity contribution in [3.63, 3.8) is 0 Å². The molecule has 5 heteroatoms. The SMILES string of the molecule is [N-]=[N+]=NCc1ccc(-c2ccccn2)nc1. The van der Waals surface area contributed by atoms with Crippen LogP contribution in [0.3, 0.4) is 0 Å². The van der Waals surface area contributed by atoms with Crippen molar-refractivity contribution in [2.45, 2.75) is 6.54 Å². The third kappa shape index (κ3) is 2.34. The Kier molecular flexibility index (Phi) is 3.11. The van der Waals surface area contributed by atoms with E-state index in [1.54, 1.807) is 12.4 Å². The van der Waals surface area contributed by atoms with Gasteiger partial charge in [0.25, 0.3) is 0 Å². The Morgan fingerprint density at radius 2 is 2.00 bits per heavy atom. The molecule has 2 aromatic rings. The number of aromatic nitrogens is 2. The minimum absolute atomic E-state index is 0.325. The summed E-state index contributed by atoms with van der Waals surface area (Å²) in [6.45, 7) is 0.325. The second-order valence-corrected chi connectivity index (χ2v) is 3.16. The summed E-state index contributed by atoms with van der Waals surface area (Å²) in [4.78, 5) is 11.1. The molecule has 16 heavy (non-hydrogen) atoms. The lowest BCUT2D eigenvalue weighted by Crippen LogP contribution is -1.88. The molecule has 0 aliphatic carbocycles. The number of pyridine rings is 2. The maximum atomic E-state index is 8.19. The van der Waals surface area contributed by atoms with Gasteiger partial charge in [0.15, 0.2) is 0 Å². The Bertz CT molecular complexity index is 500. The van der Waals surface area contributed by atoms with Crippen molar-refractivity contribution in [1.82, 2.24) is 9.97 Å². The summed E-state index contributed by atoms with van der Waals surface area (Å²) in [5.74, 6) is 0. The topological polar surface area (TPSA) is 74.5 Å². The molecule has 0 aliphatic heterocycles. The second-order valence-electron chi connectivity index (χ2n) is 3.16. The van der Waals surface area contributed by atoms with E-state index in [-0.39, 0.29) is 0 Å². The van der Waals surface area contributed by atoms with Crippen LogP contribution in [0.4, 0.5) is 0 Å². The van der Waals surface area contributed by atoms with Gasteiger partial charge in [0, 0.05) is 17.3 Å². The average molecular weight is 211 g/mol. The fourth-order valence-electron chi connectivity index (χ4n) is 1.30. The maximum Gasteiger partial charge on any atom is 0.0886 e. The van der Waals surface area contributed by atoms with Crippen LogP contribution in [-0.2, 0) is 6.54 Å². The summed E-state index contributed by atoms with van der Waals surface area (Å²) in [7, 11) is 0. The molecule has 0 aromatic carbocycles. The van der Waals surface area contributed by atoms with E-state index >= 15 is 0 Å². The predicted octanol–water partition coefficient (Wildman–Crippen LogP) is 2.95. The van der Waals surface area contributed by atoms with Crippen molar-refractivity contribution < 1.29 is 0 Å². The molecule has 0 fully saturated rings. The van der Waals surface area contributed by atoms with Crippen molar-refractivity contribution in [1.29, 1.82) is 0 Å². The molecule has 0 spiro atoms. The molecule has 0 radical (unpaired) electrons. The molecule has 5 nitrogen and oxygen atoms in total. The molecule has 0 aliphatic rings. The number of rotatable bonds is 3. The summed E-state index contributed by atoms with van der Waals surface area (Å²) < 4.78 is 0. The number of hydrogen-bond acceptors (Lipinski definition) is 3. The Hall–Kier alpha value is -2.39.